The van der Waals surface area contributed by atoms with E-state index < -0.39 is 0 Å². The summed E-state index contributed by atoms with van der Waals surface area (Å²) in [4.78, 5) is 16.8. The molecule has 1 aliphatic rings. The number of benzene rings is 1. The van der Waals surface area contributed by atoms with Gasteiger partial charge in [0, 0.05) is 19.0 Å². The van der Waals surface area contributed by atoms with Crippen molar-refractivity contribution in [3.63, 3.8) is 0 Å². The van der Waals surface area contributed by atoms with E-state index in [1.807, 2.05) is 47.1 Å². The van der Waals surface area contributed by atoms with Crippen molar-refractivity contribution in [2.24, 2.45) is 0 Å². The number of para-hydroxylation sites is 1. The summed E-state index contributed by atoms with van der Waals surface area (Å²) in [7, 11) is 0. The summed E-state index contributed by atoms with van der Waals surface area (Å²) in [6, 6.07) is 13.4. The Morgan fingerprint density at radius 2 is 1.93 bits per heavy atom. The van der Waals surface area contributed by atoms with Gasteiger partial charge in [-0.1, -0.05) is 32.0 Å². The number of hydrogen-bond donors (Lipinski definition) is 2. The van der Waals surface area contributed by atoms with Crippen molar-refractivity contribution in [2.45, 2.75) is 38.3 Å². The lowest BCUT2D eigenvalue weighted by atomic mass is 10.0. The van der Waals surface area contributed by atoms with Crippen LogP contribution in [-0.4, -0.2) is 33.4 Å². The number of amides is 2. The molecule has 0 saturated carbocycles. The Bertz CT molecular complexity index is 956. The van der Waals surface area contributed by atoms with E-state index in [-0.39, 0.29) is 24.1 Å². The molecular formula is C22H25N5O2. The zero-order valence-electron chi connectivity index (χ0n) is 16.6. The highest BCUT2D eigenvalue weighted by Crippen LogP contribution is 2.30. The Morgan fingerprint density at radius 1 is 1.17 bits per heavy atom. The molecular weight excluding hydrogens is 366 g/mol. The number of hydrogen-bond acceptors (Lipinski definition) is 4. The highest BCUT2D eigenvalue weighted by molar-refractivity contribution is 5.90. The predicted octanol–water partition coefficient (Wildman–Crippen LogP) is 4.04. The molecule has 1 saturated heterocycles. The first-order valence-corrected chi connectivity index (χ1v) is 9.86. The number of nitrogens with one attached hydrogen (secondary N) is 2. The number of anilines is 1. The molecule has 1 aromatic carbocycles. The molecule has 7 nitrogen and oxygen atoms in total. The molecule has 0 spiro atoms. The number of rotatable bonds is 5. The minimum Gasteiger partial charge on any atom is -0.371 e. The molecule has 1 aliphatic heterocycles. The summed E-state index contributed by atoms with van der Waals surface area (Å²) < 4.78 is 7.71. The van der Waals surface area contributed by atoms with Crippen molar-refractivity contribution in [1.82, 2.24) is 20.1 Å². The molecule has 150 valence electrons. The third kappa shape index (κ3) is 4.14. The van der Waals surface area contributed by atoms with Gasteiger partial charge >= 0.3 is 6.03 Å². The molecule has 0 aliphatic carbocycles. The maximum absolute atomic E-state index is 12.7. The van der Waals surface area contributed by atoms with Gasteiger partial charge in [-0.05, 0) is 42.2 Å². The molecule has 1 fully saturated rings. The van der Waals surface area contributed by atoms with Crippen LogP contribution in [-0.2, 0) is 4.74 Å². The second-order valence-corrected chi connectivity index (χ2v) is 7.41. The van der Waals surface area contributed by atoms with Gasteiger partial charge in [0.15, 0.2) is 0 Å². The molecule has 7 heteroatoms. The van der Waals surface area contributed by atoms with Crippen molar-refractivity contribution < 1.29 is 9.53 Å². The van der Waals surface area contributed by atoms with Crippen LogP contribution in [0.3, 0.4) is 0 Å². The van der Waals surface area contributed by atoms with Crippen LogP contribution in [0.1, 0.15) is 43.5 Å². The van der Waals surface area contributed by atoms with Crippen molar-refractivity contribution in [2.75, 3.05) is 11.9 Å². The third-order valence-electron chi connectivity index (χ3n) is 5.05. The number of carbonyl (C=O) groups excluding carboxylic acids is 1. The van der Waals surface area contributed by atoms with E-state index in [9.17, 15) is 4.79 Å². The largest absolute Gasteiger partial charge is 0.371 e. The second kappa shape index (κ2) is 8.45. The average Bonchev–Trinajstić information content (AvgIpc) is 3.36. The Hall–Kier alpha value is -3.19. The van der Waals surface area contributed by atoms with Crippen LogP contribution >= 0.6 is 0 Å². The van der Waals surface area contributed by atoms with E-state index in [0.29, 0.717) is 12.3 Å². The first kappa shape index (κ1) is 19.1. The van der Waals surface area contributed by atoms with E-state index in [1.54, 1.807) is 18.6 Å². The minimum atomic E-state index is -0.255. The Labute approximate surface area is 170 Å². The first-order chi connectivity index (χ1) is 14.1. The fourth-order valence-corrected chi connectivity index (χ4v) is 3.73. The zero-order chi connectivity index (χ0) is 20.2. The van der Waals surface area contributed by atoms with Gasteiger partial charge in [-0.2, -0.15) is 5.10 Å². The Kier molecular flexibility index (Phi) is 5.57. The Balaban J connectivity index is 1.49. The van der Waals surface area contributed by atoms with Gasteiger partial charge in [0.2, 0.25) is 0 Å². The van der Waals surface area contributed by atoms with Gasteiger partial charge in [0.25, 0.3) is 0 Å². The van der Waals surface area contributed by atoms with Crippen LogP contribution < -0.4 is 10.6 Å². The highest BCUT2D eigenvalue weighted by atomic mass is 16.5. The summed E-state index contributed by atoms with van der Waals surface area (Å²) in [6.07, 6.45) is 5.77. The van der Waals surface area contributed by atoms with E-state index in [2.05, 4.69) is 34.6 Å². The van der Waals surface area contributed by atoms with E-state index in [1.165, 1.54) is 0 Å². The van der Waals surface area contributed by atoms with Gasteiger partial charge in [-0.25, -0.2) is 9.48 Å². The van der Waals surface area contributed by atoms with Gasteiger partial charge < -0.3 is 15.4 Å². The predicted molar refractivity (Wildman–Crippen MR) is 111 cm³/mol. The summed E-state index contributed by atoms with van der Waals surface area (Å²) in [6.45, 7) is 4.79. The summed E-state index contributed by atoms with van der Waals surface area (Å²) in [5, 5.41) is 10.5. The summed E-state index contributed by atoms with van der Waals surface area (Å²) in [5.41, 5.74) is 3.65. The van der Waals surface area contributed by atoms with Crippen molar-refractivity contribution >= 4 is 11.7 Å². The molecule has 2 atom stereocenters. The fourth-order valence-electron chi connectivity index (χ4n) is 3.73. The molecule has 29 heavy (non-hydrogen) atoms. The van der Waals surface area contributed by atoms with Crippen LogP contribution in [0.4, 0.5) is 10.5 Å². The monoisotopic (exact) mass is 391 g/mol. The van der Waals surface area contributed by atoms with Gasteiger partial charge in [-0.15, -0.1) is 0 Å². The molecule has 0 radical (unpaired) electrons. The molecule has 4 rings (SSSR count). The molecule has 2 N–H and O–H groups in total. The molecule has 2 aromatic heterocycles. The van der Waals surface area contributed by atoms with Gasteiger partial charge in [0.05, 0.1) is 29.3 Å². The standard InChI is InChI=1S/C22H25N5O2/c1-15(2)20-19(14-24-27(20)17-6-4-3-5-7-17)26-22(28)25-18-10-13-29-21(18)16-8-11-23-12-9-16/h3-9,11-12,14-15,18,21H,10,13H2,1-2H3,(H2,25,26,28)/t18-,21+/m1/s1. The molecule has 0 unspecified atom stereocenters. The average molecular weight is 391 g/mol. The Morgan fingerprint density at radius 3 is 2.66 bits per heavy atom. The SMILES string of the molecule is CC(C)c1c(NC(=O)N[C@@H]2CCO[C@H]2c2ccncc2)cnn1-c1ccccc1. The van der Waals surface area contributed by atoms with Crippen LogP contribution in [0.25, 0.3) is 5.69 Å². The number of aromatic nitrogens is 3. The van der Waals surface area contributed by atoms with E-state index >= 15 is 0 Å². The molecule has 3 aromatic rings. The maximum Gasteiger partial charge on any atom is 0.319 e. The van der Waals surface area contributed by atoms with Crippen molar-refractivity contribution in [3.05, 3.63) is 72.3 Å². The van der Waals surface area contributed by atoms with E-state index in [4.69, 9.17) is 4.74 Å². The third-order valence-corrected chi connectivity index (χ3v) is 5.05. The van der Waals surface area contributed by atoms with Gasteiger partial charge in [0.1, 0.15) is 6.10 Å². The van der Waals surface area contributed by atoms with Crippen LogP contribution in [0.5, 0.6) is 0 Å². The number of urea groups is 1. The lowest BCUT2D eigenvalue weighted by molar-refractivity contribution is 0.100. The molecule has 0 bridgehead atoms. The van der Waals surface area contributed by atoms with Crippen LogP contribution in [0.15, 0.2) is 61.1 Å². The fraction of sp³-hybridized carbons (Fsp3) is 0.318. The first-order valence-electron chi connectivity index (χ1n) is 9.86. The summed E-state index contributed by atoms with van der Waals surface area (Å²) in [5.74, 6) is 0.187. The minimum absolute atomic E-state index is 0.0935. The second-order valence-electron chi connectivity index (χ2n) is 7.41. The topological polar surface area (TPSA) is 81.1 Å². The van der Waals surface area contributed by atoms with Crippen LogP contribution in [0, 0.1) is 0 Å². The lowest BCUT2D eigenvalue weighted by Crippen LogP contribution is -2.39. The quantitative estimate of drug-likeness (QED) is 0.688. The lowest BCUT2D eigenvalue weighted by Gasteiger charge is -2.20. The van der Waals surface area contributed by atoms with E-state index in [0.717, 1.165) is 23.4 Å². The zero-order valence-corrected chi connectivity index (χ0v) is 16.6. The number of nitrogens with zero attached hydrogens (tertiary/aromatic N) is 3. The smallest absolute Gasteiger partial charge is 0.319 e. The van der Waals surface area contributed by atoms with Gasteiger partial charge in [-0.3, -0.25) is 4.98 Å². The van der Waals surface area contributed by atoms with Crippen molar-refractivity contribution in [3.8, 4) is 5.69 Å². The molecule has 3 heterocycles. The number of carbonyl (C=O) groups is 1. The van der Waals surface area contributed by atoms with Crippen LogP contribution in [0.2, 0.25) is 0 Å². The molecule has 2 amide bonds. The highest BCUT2D eigenvalue weighted by Gasteiger charge is 2.31. The van der Waals surface area contributed by atoms with Crippen molar-refractivity contribution in [1.29, 1.82) is 0 Å². The normalized spacial score (nSPS) is 18.7. The maximum atomic E-state index is 12.7. The summed E-state index contributed by atoms with van der Waals surface area (Å²) >= 11 is 0. The number of pyridine rings is 1. The number of ether oxygens (including phenoxy) is 1.